The molecule has 1 aromatic carbocycles. The monoisotopic (exact) mass is 315 g/mol. The number of benzene rings is 1. The van der Waals surface area contributed by atoms with E-state index in [2.05, 4.69) is 4.90 Å². The lowest BCUT2D eigenvalue weighted by Gasteiger charge is -2.31. The van der Waals surface area contributed by atoms with Gasteiger partial charge in [0.25, 0.3) is 0 Å². The zero-order valence-corrected chi connectivity index (χ0v) is 13.1. The summed E-state index contributed by atoms with van der Waals surface area (Å²) < 4.78 is 5.11. The van der Waals surface area contributed by atoms with Crippen molar-refractivity contribution in [2.75, 3.05) is 19.7 Å². The van der Waals surface area contributed by atoms with E-state index in [4.69, 9.17) is 27.9 Å². The quantitative estimate of drug-likeness (QED) is 0.792. The fourth-order valence-electron chi connectivity index (χ4n) is 2.56. The Morgan fingerprint density at radius 1 is 1.40 bits per heavy atom. The van der Waals surface area contributed by atoms with Gasteiger partial charge in [0.2, 0.25) is 0 Å². The van der Waals surface area contributed by atoms with Crippen LogP contribution in [0.1, 0.15) is 25.3 Å². The molecule has 20 heavy (non-hydrogen) atoms. The summed E-state index contributed by atoms with van der Waals surface area (Å²) in [5.74, 6) is -0.132. The minimum Gasteiger partial charge on any atom is -0.466 e. The Morgan fingerprint density at radius 3 is 2.75 bits per heavy atom. The van der Waals surface area contributed by atoms with Crippen LogP contribution in [0.5, 0.6) is 0 Å². The molecule has 0 spiro atoms. The summed E-state index contributed by atoms with van der Waals surface area (Å²) in [4.78, 5) is 14.0. The van der Waals surface area contributed by atoms with E-state index in [1.165, 1.54) is 0 Å². The molecule has 3 nitrogen and oxygen atoms in total. The number of carbonyl (C=O) groups is 1. The lowest BCUT2D eigenvalue weighted by Crippen LogP contribution is -2.39. The number of carbonyl (C=O) groups excluding carboxylic acids is 1. The molecule has 1 aliphatic heterocycles. The van der Waals surface area contributed by atoms with Gasteiger partial charge in [-0.2, -0.15) is 0 Å². The molecule has 0 amide bonds. The molecule has 1 fully saturated rings. The zero-order valence-electron chi connectivity index (χ0n) is 11.6. The Balaban J connectivity index is 2.01. The molecule has 1 aromatic rings. The van der Waals surface area contributed by atoms with E-state index in [9.17, 15) is 4.79 Å². The van der Waals surface area contributed by atoms with Crippen molar-refractivity contribution in [1.29, 1.82) is 0 Å². The Hall–Kier alpha value is -0.770. The SMILES string of the molecule is CCOC(=O)[C@@H]1CCCN(Cc2c(Cl)cccc2Cl)C1. The smallest absolute Gasteiger partial charge is 0.310 e. The van der Waals surface area contributed by atoms with Gasteiger partial charge in [-0.25, -0.2) is 0 Å². The maximum absolute atomic E-state index is 11.8. The summed E-state index contributed by atoms with van der Waals surface area (Å²) in [7, 11) is 0. The number of hydrogen-bond donors (Lipinski definition) is 0. The highest BCUT2D eigenvalue weighted by atomic mass is 35.5. The second-order valence-corrected chi connectivity index (χ2v) is 5.84. The van der Waals surface area contributed by atoms with Crippen LogP contribution in [0.3, 0.4) is 0 Å². The standard InChI is InChI=1S/C15H19Cl2NO2/c1-2-20-15(19)11-5-4-8-18(9-11)10-12-13(16)6-3-7-14(12)17/h3,6-7,11H,2,4-5,8-10H2,1H3/t11-/m1/s1. The van der Waals surface area contributed by atoms with Gasteiger partial charge in [-0.15, -0.1) is 0 Å². The van der Waals surface area contributed by atoms with Crippen molar-refractivity contribution < 1.29 is 9.53 Å². The molecule has 1 heterocycles. The molecule has 1 saturated heterocycles. The summed E-state index contributed by atoms with van der Waals surface area (Å²) >= 11 is 12.4. The summed E-state index contributed by atoms with van der Waals surface area (Å²) in [6, 6.07) is 5.52. The first-order chi connectivity index (χ1) is 9.61. The molecule has 0 aromatic heterocycles. The Kier molecular flexibility index (Phi) is 5.70. The molecule has 0 radical (unpaired) electrons. The van der Waals surface area contributed by atoms with Crippen LogP contribution >= 0.6 is 23.2 Å². The highest BCUT2D eigenvalue weighted by Crippen LogP contribution is 2.27. The van der Waals surface area contributed by atoms with Gasteiger partial charge in [0.05, 0.1) is 12.5 Å². The highest BCUT2D eigenvalue weighted by molar-refractivity contribution is 6.35. The van der Waals surface area contributed by atoms with Gasteiger partial charge in [-0.1, -0.05) is 29.3 Å². The second-order valence-electron chi connectivity index (χ2n) is 5.03. The molecule has 0 aliphatic carbocycles. The first-order valence-corrected chi connectivity index (χ1v) is 7.69. The number of rotatable bonds is 4. The Morgan fingerprint density at radius 2 is 2.10 bits per heavy atom. The maximum atomic E-state index is 11.8. The maximum Gasteiger partial charge on any atom is 0.310 e. The molecule has 0 unspecified atom stereocenters. The molecular weight excluding hydrogens is 297 g/mol. The third-order valence-electron chi connectivity index (χ3n) is 3.57. The van der Waals surface area contributed by atoms with Crippen LogP contribution < -0.4 is 0 Å². The number of nitrogens with zero attached hydrogens (tertiary/aromatic N) is 1. The van der Waals surface area contributed by atoms with Crippen molar-refractivity contribution in [3.8, 4) is 0 Å². The van der Waals surface area contributed by atoms with Crippen molar-refractivity contribution in [3.05, 3.63) is 33.8 Å². The van der Waals surface area contributed by atoms with Crippen molar-refractivity contribution >= 4 is 29.2 Å². The number of ether oxygens (including phenoxy) is 1. The van der Waals surface area contributed by atoms with Crippen LogP contribution in [0.2, 0.25) is 10.0 Å². The van der Waals surface area contributed by atoms with Crippen molar-refractivity contribution in [2.24, 2.45) is 5.92 Å². The third kappa shape index (κ3) is 3.87. The topological polar surface area (TPSA) is 29.5 Å². The largest absolute Gasteiger partial charge is 0.466 e. The Labute approximate surface area is 129 Å². The molecule has 0 saturated carbocycles. The number of likely N-dealkylation sites (tertiary alicyclic amines) is 1. The minimum absolute atomic E-state index is 0.0371. The van der Waals surface area contributed by atoms with Gasteiger partial charge >= 0.3 is 5.97 Å². The van der Waals surface area contributed by atoms with E-state index in [-0.39, 0.29) is 11.9 Å². The first kappa shape index (κ1) is 15.6. The molecule has 0 N–H and O–H groups in total. The van der Waals surface area contributed by atoms with Crippen LogP contribution in [0, 0.1) is 5.92 Å². The van der Waals surface area contributed by atoms with Crippen LogP contribution in [-0.4, -0.2) is 30.6 Å². The lowest BCUT2D eigenvalue weighted by atomic mass is 9.97. The molecule has 110 valence electrons. The molecule has 1 aliphatic rings. The normalized spacial score (nSPS) is 19.9. The predicted octanol–water partition coefficient (Wildman–Crippen LogP) is 3.77. The minimum atomic E-state index is -0.0949. The number of halogens is 2. The third-order valence-corrected chi connectivity index (χ3v) is 4.28. The van der Waals surface area contributed by atoms with Gasteiger partial charge < -0.3 is 4.74 Å². The van der Waals surface area contributed by atoms with Gasteiger partial charge in [0.15, 0.2) is 0 Å². The van der Waals surface area contributed by atoms with Gasteiger partial charge in [0.1, 0.15) is 0 Å². The summed E-state index contributed by atoms with van der Waals surface area (Å²) in [5, 5.41) is 1.35. The van der Waals surface area contributed by atoms with E-state index in [0.717, 1.165) is 24.9 Å². The number of esters is 1. The fraction of sp³-hybridized carbons (Fsp3) is 0.533. The van der Waals surface area contributed by atoms with Gasteiger partial charge in [0, 0.05) is 28.7 Å². The van der Waals surface area contributed by atoms with Gasteiger partial charge in [-0.05, 0) is 38.4 Å². The van der Waals surface area contributed by atoms with E-state index >= 15 is 0 Å². The molecule has 5 heteroatoms. The molecular formula is C15H19Cl2NO2. The molecule has 2 rings (SSSR count). The Bertz CT molecular complexity index is 459. The van der Waals surface area contributed by atoms with Crippen LogP contribution in [-0.2, 0) is 16.1 Å². The number of piperidine rings is 1. The van der Waals surface area contributed by atoms with Gasteiger partial charge in [-0.3, -0.25) is 9.69 Å². The fourth-order valence-corrected chi connectivity index (χ4v) is 3.08. The predicted molar refractivity (Wildman–Crippen MR) is 81.1 cm³/mol. The number of hydrogen-bond acceptors (Lipinski definition) is 3. The van der Waals surface area contributed by atoms with Crippen LogP contribution in [0.15, 0.2) is 18.2 Å². The molecule has 0 bridgehead atoms. The van der Waals surface area contributed by atoms with Crippen LogP contribution in [0.25, 0.3) is 0 Å². The van der Waals surface area contributed by atoms with E-state index in [1.54, 1.807) is 0 Å². The summed E-state index contributed by atoms with van der Waals surface area (Å²) in [6.07, 6.45) is 1.89. The lowest BCUT2D eigenvalue weighted by molar-refractivity contribution is -0.150. The average Bonchev–Trinajstić information content (AvgIpc) is 2.44. The molecule has 1 atom stereocenters. The van der Waals surface area contributed by atoms with Crippen LogP contribution in [0.4, 0.5) is 0 Å². The van der Waals surface area contributed by atoms with Crippen molar-refractivity contribution in [2.45, 2.75) is 26.3 Å². The van der Waals surface area contributed by atoms with E-state index in [0.29, 0.717) is 29.7 Å². The first-order valence-electron chi connectivity index (χ1n) is 6.93. The van der Waals surface area contributed by atoms with E-state index in [1.807, 2.05) is 25.1 Å². The van der Waals surface area contributed by atoms with Crippen molar-refractivity contribution in [1.82, 2.24) is 4.90 Å². The second kappa shape index (κ2) is 7.30. The van der Waals surface area contributed by atoms with E-state index < -0.39 is 0 Å². The average molecular weight is 316 g/mol. The summed E-state index contributed by atoms with van der Waals surface area (Å²) in [6.45, 7) is 4.61. The zero-order chi connectivity index (χ0) is 14.5. The summed E-state index contributed by atoms with van der Waals surface area (Å²) in [5.41, 5.74) is 0.931. The highest BCUT2D eigenvalue weighted by Gasteiger charge is 2.27. The van der Waals surface area contributed by atoms with Crippen molar-refractivity contribution in [3.63, 3.8) is 0 Å².